The summed E-state index contributed by atoms with van der Waals surface area (Å²) in [5.41, 5.74) is 1.08. The number of hydrogen-bond donors (Lipinski definition) is 3. The first kappa shape index (κ1) is 9.98. The van der Waals surface area contributed by atoms with Gasteiger partial charge in [0, 0.05) is 17.3 Å². The molecule has 0 unspecified atom stereocenters. The molecule has 0 aliphatic heterocycles. The Hall–Kier alpha value is -2.55. The Balaban J connectivity index is 2.71. The molecule has 0 saturated heterocycles. The van der Waals surface area contributed by atoms with Crippen LogP contribution in [0.5, 0.6) is 0 Å². The van der Waals surface area contributed by atoms with Crippen molar-refractivity contribution < 1.29 is 0 Å². The summed E-state index contributed by atoms with van der Waals surface area (Å²) in [5.74, 6) is 0. The van der Waals surface area contributed by atoms with Crippen LogP contribution in [0.2, 0.25) is 0 Å². The van der Waals surface area contributed by atoms with Gasteiger partial charge < -0.3 is 4.98 Å². The molecule has 0 aromatic carbocycles. The molecule has 0 radical (unpaired) electrons. The highest BCUT2D eigenvalue weighted by Crippen LogP contribution is 2.17. The molecule has 2 aromatic rings. The van der Waals surface area contributed by atoms with E-state index in [0.29, 0.717) is 17.0 Å². The van der Waals surface area contributed by atoms with Crippen LogP contribution in [0.3, 0.4) is 0 Å². The fourth-order valence-electron chi connectivity index (χ4n) is 1.46. The number of nitrogens with one attached hydrogen (secondary N) is 3. The van der Waals surface area contributed by atoms with Crippen molar-refractivity contribution in [2.45, 2.75) is 6.92 Å². The maximum Gasteiger partial charge on any atom is 0.266 e. The van der Waals surface area contributed by atoms with Crippen molar-refractivity contribution in [3.63, 3.8) is 0 Å². The summed E-state index contributed by atoms with van der Waals surface area (Å²) in [4.78, 5) is 24.8. The van der Waals surface area contributed by atoms with Crippen molar-refractivity contribution in [2.24, 2.45) is 0 Å². The van der Waals surface area contributed by atoms with Gasteiger partial charge in [-0.1, -0.05) is 0 Å². The van der Waals surface area contributed by atoms with E-state index in [1.165, 1.54) is 12.1 Å². The maximum absolute atomic E-state index is 11.3. The van der Waals surface area contributed by atoms with Crippen LogP contribution in [0.25, 0.3) is 11.3 Å². The van der Waals surface area contributed by atoms with Gasteiger partial charge in [-0.3, -0.25) is 19.8 Å². The monoisotopic (exact) mass is 216 g/mol. The zero-order valence-corrected chi connectivity index (χ0v) is 8.42. The van der Waals surface area contributed by atoms with Crippen molar-refractivity contribution in [3.8, 4) is 17.3 Å². The number of H-pyrrole nitrogens is 3. The lowest BCUT2D eigenvalue weighted by molar-refractivity contribution is 1.05. The van der Waals surface area contributed by atoms with Crippen molar-refractivity contribution in [3.05, 3.63) is 44.1 Å². The van der Waals surface area contributed by atoms with Gasteiger partial charge in [0.15, 0.2) is 0 Å². The van der Waals surface area contributed by atoms with Gasteiger partial charge in [0.2, 0.25) is 0 Å². The minimum Gasteiger partial charge on any atom is -0.325 e. The van der Waals surface area contributed by atoms with Crippen molar-refractivity contribution in [2.75, 3.05) is 0 Å². The number of aromatic amines is 3. The molecule has 16 heavy (non-hydrogen) atoms. The molecule has 3 N–H and O–H groups in total. The molecule has 0 atom stereocenters. The number of pyridine rings is 1. The zero-order chi connectivity index (χ0) is 11.7. The van der Waals surface area contributed by atoms with Crippen molar-refractivity contribution in [1.82, 2.24) is 15.2 Å². The maximum atomic E-state index is 11.3. The van der Waals surface area contributed by atoms with E-state index in [0.717, 1.165) is 0 Å². The van der Waals surface area contributed by atoms with Gasteiger partial charge in [0.05, 0.1) is 5.69 Å². The second kappa shape index (κ2) is 3.55. The Bertz CT molecular complexity index is 684. The molecule has 0 saturated carbocycles. The summed E-state index contributed by atoms with van der Waals surface area (Å²) in [6.07, 6.45) is 0. The number of aromatic nitrogens is 3. The fraction of sp³-hybridized carbons (Fsp3) is 0.100. The van der Waals surface area contributed by atoms with Crippen LogP contribution in [0.4, 0.5) is 0 Å². The number of nitriles is 1. The Morgan fingerprint density at radius 2 is 2.00 bits per heavy atom. The highest BCUT2D eigenvalue weighted by molar-refractivity contribution is 5.62. The normalized spacial score (nSPS) is 10.0. The predicted octanol–water partition coefficient (Wildman–Crippen LogP) is 0.238. The first-order valence-electron chi connectivity index (χ1n) is 4.54. The summed E-state index contributed by atoms with van der Waals surface area (Å²) in [5, 5.41) is 13.8. The highest BCUT2D eigenvalue weighted by Gasteiger charge is 2.08. The standard InChI is InChI=1S/C10H8N4O2/c1-5-7(8-3-9(15)14-13-8)2-6(4-11)10(16)12-5/h2-3H,1H3,(H,12,16)(H2,13,14,15). The van der Waals surface area contributed by atoms with Crippen LogP contribution in [-0.4, -0.2) is 15.2 Å². The summed E-state index contributed by atoms with van der Waals surface area (Å²) < 4.78 is 0. The zero-order valence-electron chi connectivity index (χ0n) is 8.42. The summed E-state index contributed by atoms with van der Waals surface area (Å²) in [7, 11) is 0. The number of hydrogen-bond acceptors (Lipinski definition) is 3. The minimum absolute atomic E-state index is 0.0163. The quantitative estimate of drug-likeness (QED) is 0.635. The average molecular weight is 216 g/mol. The molecule has 2 aromatic heterocycles. The lowest BCUT2D eigenvalue weighted by Gasteiger charge is -2.02. The Labute approximate surface area is 89.6 Å². The lowest BCUT2D eigenvalue weighted by Crippen LogP contribution is -2.12. The average Bonchev–Trinajstić information content (AvgIpc) is 2.65. The Kier molecular flexibility index (Phi) is 2.21. The van der Waals surface area contributed by atoms with E-state index < -0.39 is 5.56 Å². The number of aryl methyl sites for hydroxylation is 1. The molecule has 2 rings (SSSR count). The smallest absolute Gasteiger partial charge is 0.266 e. The molecule has 0 aliphatic carbocycles. The van der Waals surface area contributed by atoms with E-state index in [1.807, 2.05) is 0 Å². The fourth-order valence-corrected chi connectivity index (χ4v) is 1.46. The molecular weight excluding hydrogens is 208 g/mol. The summed E-state index contributed by atoms with van der Waals surface area (Å²) >= 11 is 0. The van der Waals surface area contributed by atoms with Gasteiger partial charge in [-0.2, -0.15) is 5.26 Å². The SMILES string of the molecule is Cc1[nH]c(=O)c(C#N)cc1-c1cc(=O)[nH][nH]1. The van der Waals surface area contributed by atoms with Gasteiger partial charge in [0.25, 0.3) is 11.1 Å². The van der Waals surface area contributed by atoms with Crippen LogP contribution >= 0.6 is 0 Å². The first-order chi connectivity index (χ1) is 7.61. The largest absolute Gasteiger partial charge is 0.325 e. The van der Waals surface area contributed by atoms with E-state index in [1.54, 1.807) is 13.0 Å². The van der Waals surface area contributed by atoms with Gasteiger partial charge in [-0.05, 0) is 13.0 Å². The van der Waals surface area contributed by atoms with Gasteiger partial charge >= 0.3 is 0 Å². The van der Waals surface area contributed by atoms with E-state index in [2.05, 4.69) is 15.2 Å². The Morgan fingerprint density at radius 1 is 1.25 bits per heavy atom. The van der Waals surface area contributed by atoms with Crippen LogP contribution in [0.1, 0.15) is 11.3 Å². The molecule has 0 aliphatic rings. The van der Waals surface area contributed by atoms with Gasteiger partial charge in [0.1, 0.15) is 11.6 Å². The van der Waals surface area contributed by atoms with E-state index >= 15 is 0 Å². The number of nitrogens with zero attached hydrogens (tertiary/aromatic N) is 1. The van der Waals surface area contributed by atoms with E-state index in [9.17, 15) is 9.59 Å². The predicted molar refractivity (Wildman–Crippen MR) is 56.9 cm³/mol. The summed E-state index contributed by atoms with van der Waals surface area (Å²) in [6, 6.07) is 4.61. The van der Waals surface area contributed by atoms with Gasteiger partial charge in [-0.25, -0.2) is 0 Å². The van der Waals surface area contributed by atoms with Crippen LogP contribution < -0.4 is 11.1 Å². The minimum atomic E-state index is -0.429. The molecule has 80 valence electrons. The third-order valence-corrected chi connectivity index (χ3v) is 2.24. The van der Waals surface area contributed by atoms with Gasteiger partial charge in [-0.15, -0.1) is 0 Å². The third-order valence-electron chi connectivity index (χ3n) is 2.24. The summed E-state index contributed by atoms with van der Waals surface area (Å²) in [6.45, 7) is 1.70. The molecule has 0 amide bonds. The topological polar surface area (TPSA) is 105 Å². The van der Waals surface area contributed by atoms with E-state index in [4.69, 9.17) is 5.26 Å². The van der Waals surface area contributed by atoms with Crippen LogP contribution in [0, 0.1) is 18.3 Å². The molecule has 0 bridgehead atoms. The second-order valence-electron chi connectivity index (χ2n) is 3.33. The van der Waals surface area contributed by atoms with Crippen LogP contribution in [0.15, 0.2) is 21.7 Å². The molecule has 0 fully saturated rings. The van der Waals surface area contributed by atoms with Crippen molar-refractivity contribution >= 4 is 0 Å². The third kappa shape index (κ3) is 1.54. The van der Waals surface area contributed by atoms with Crippen molar-refractivity contribution in [1.29, 1.82) is 5.26 Å². The lowest BCUT2D eigenvalue weighted by atomic mass is 10.1. The Morgan fingerprint density at radius 3 is 2.56 bits per heavy atom. The molecule has 6 nitrogen and oxygen atoms in total. The molecule has 0 spiro atoms. The molecular formula is C10H8N4O2. The number of rotatable bonds is 1. The highest BCUT2D eigenvalue weighted by atomic mass is 16.1. The first-order valence-corrected chi connectivity index (χ1v) is 4.54. The van der Waals surface area contributed by atoms with E-state index in [-0.39, 0.29) is 11.1 Å². The molecule has 6 heteroatoms. The molecule has 2 heterocycles. The second-order valence-corrected chi connectivity index (χ2v) is 3.33. The van der Waals surface area contributed by atoms with Crippen LogP contribution in [-0.2, 0) is 0 Å².